The number of nitrogens with zero attached hydrogens (tertiary/aromatic N) is 1. The fourth-order valence-electron chi connectivity index (χ4n) is 1.81. The number of hydrogen-bond acceptors (Lipinski definition) is 4. The van der Waals surface area contributed by atoms with E-state index in [2.05, 4.69) is 10.6 Å². The molecule has 3 N–H and O–H groups in total. The summed E-state index contributed by atoms with van der Waals surface area (Å²) < 4.78 is 38.6. The Bertz CT molecular complexity index is 607. The number of aliphatic hydroxyl groups is 1. The van der Waals surface area contributed by atoms with Gasteiger partial charge in [0, 0.05) is 12.2 Å². The van der Waals surface area contributed by atoms with Crippen molar-refractivity contribution >= 4 is 11.6 Å². The summed E-state index contributed by atoms with van der Waals surface area (Å²) in [5, 5.41) is 23.9. The Morgan fingerprint density at radius 1 is 1.39 bits per heavy atom. The molecule has 1 aromatic carbocycles. The second kappa shape index (κ2) is 7.44. The monoisotopic (exact) mass is 329 g/mol. The molecule has 1 rings (SSSR count). The smallest absolute Gasteiger partial charge is 0.379 e. The molecule has 1 aromatic rings. The van der Waals surface area contributed by atoms with Crippen molar-refractivity contribution in [2.75, 3.05) is 18.4 Å². The Balaban J connectivity index is 2.93. The van der Waals surface area contributed by atoms with Gasteiger partial charge >= 0.3 is 6.18 Å². The normalized spacial score (nSPS) is 14.0. The highest BCUT2D eigenvalue weighted by atomic mass is 19.4. The molecule has 0 aliphatic carbocycles. The van der Waals surface area contributed by atoms with Gasteiger partial charge in [0.1, 0.15) is 0 Å². The molecule has 0 radical (unpaired) electrons. The van der Waals surface area contributed by atoms with E-state index in [1.54, 1.807) is 0 Å². The zero-order valence-corrected chi connectivity index (χ0v) is 12.8. The lowest BCUT2D eigenvalue weighted by molar-refractivity contribution is -0.138. The standard InChI is InChI=1S/C15H18F3N3O2/c1-3-6-20-9-14(2,23)13(22)21-11-5-4-10(8-19)12(7-11)15(16,17)18/h4-5,7,20,23H,3,6,9H2,1-2H3,(H,21,22). The van der Waals surface area contributed by atoms with Crippen LogP contribution in [0, 0.1) is 11.3 Å². The molecule has 0 spiro atoms. The van der Waals surface area contributed by atoms with Crippen LogP contribution >= 0.6 is 0 Å². The van der Waals surface area contributed by atoms with Crippen LogP contribution in [0.5, 0.6) is 0 Å². The maximum atomic E-state index is 12.9. The Morgan fingerprint density at radius 2 is 2.04 bits per heavy atom. The van der Waals surface area contributed by atoms with Crippen molar-refractivity contribution in [3.8, 4) is 6.07 Å². The lowest BCUT2D eigenvalue weighted by Crippen LogP contribution is -2.48. The number of amides is 1. The number of rotatable bonds is 6. The molecule has 126 valence electrons. The SMILES string of the molecule is CCCNCC(C)(O)C(=O)Nc1ccc(C#N)c(C(F)(F)F)c1. The van der Waals surface area contributed by atoms with Crippen molar-refractivity contribution in [1.82, 2.24) is 5.32 Å². The van der Waals surface area contributed by atoms with Crippen LogP contribution in [0.2, 0.25) is 0 Å². The van der Waals surface area contributed by atoms with E-state index >= 15 is 0 Å². The van der Waals surface area contributed by atoms with Gasteiger partial charge in [-0.1, -0.05) is 6.92 Å². The third-order valence-electron chi connectivity index (χ3n) is 3.09. The van der Waals surface area contributed by atoms with Crippen molar-refractivity contribution in [3.05, 3.63) is 29.3 Å². The number of carbonyl (C=O) groups is 1. The van der Waals surface area contributed by atoms with Crippen LogP contribution in [0.15, 0.2) is 18.2 Å². The Hall–Kier alpha value is -2.11. The van der Waals surface area contributed by atoms with E-state index in [0.717, 1.165) is 12.5 Å². The zero-order chi connectivity index (χ0) is 17.7. The molecule has 23 heavy (non-hydrogen) atoms. The number of anilines is 1. The molecule has 0 aliphatic heterocycles. The average molecular weight is 329 g/mol. The van der Waals surface area contributed by atoms with E-state index in [-0.39, 0.29) is 12.2 Å². The maximum absolute atomic E-state index is 12.9. The fourth-order valence-corrected chi connectivity index (χ4v) is 1.81. The first kappa shape index (κ1) is 18.9. The van der Waals surface area contributed by atoms with E-state index in [1.165, 1.54) is 19.1 Å². The summed E-state index contributed by atoms with van der Waals surface area (Å²) in [5.41, 5.74) is -3.59. The second-order valence-electron chi connectivity index (χ2n) is 5.27. The summed E-state index contributed by atoms with van der Waals surface area (Å²) in [4.78, 5) is 12.0. The number of carbonyl (C=O) groups excluding carboxylic acids is 1. The number of benzene rings is 1. The summed E-state index contributed by atoms with van der Waals surface area (Å²) in [6, 6.07) is 4.28. The summed E-state index contributed by atoms with van der Waals surface area (Å²) in [7, 11) is 0. The Labute approximate surface area is 132 Å². The van der Waals surface area contributed by atoms with Crippen molar-refractivity contribution in [2.24, 2.45) is 0 Å². The predicted octanol–water partition coefficient (Wildman–Crippen LogP) is 2.27. The molecule has 0 aromatic heterocycles. The zero-order valence-electron chi connectivity index (χ0n) is 12.8. The highest BCUT2D eigenvalue weighted by Gasteiger charge is 2.35. The van der Waals surface area contributed by atoms with E-state index in [9.17, 15) is 23.1 Å². The number of nitrogens with one attached hydrogen (secondary N) is 2. The van der Waals surface area contributed by atoms with Gasteiger partial charge in [-0.05, 0) is 38.1 Å². The van der Waals surface area contributed by atoms with E-state index in [4.69, 9.17) is 5.26 Å². The van der Waals surface area contributed by atoms with Gasteiger partial charge in [0.05, 0.1) is 17.2 Å². The Morgan fingerprint density at radius 3 is 2.57 bits per heavy atom. The third kappa shape index (κ3) is 5.23. The molecule has 1 amide bonds. The van der Waals surface area contributed by atoms with Crippen molar-refractivity contribution in [3.63, 3.8) is 0 Å². The number of hydrogen-bond donors (Lipinski definition) is 3. The average Bonchev–Trinajstić information content (AvgIpc) is 2.46. The lowest BCUT2D eigenvalue weighted by Gasteiger charge is -2.23. The van der Waals surface area contributed by atoms with Gasteiger partial charge in [-0.25, -0.2) is 0 Å². The summed E-state index contributed by atoms with van der Waals surface area (Å²) in [5.74, 6) is -0.834. The first-order valence-electron chi connectivity index (χ1n) is 6.97. The Kier molecular flexibility index (Phi) is 6.12. The number of halogens is 3. The third-order valence-corrected chi connectivity index (χ3v) is 3.09. The molecule has 8 heteroatoms. The minimum atomic E-state index is -4.71. The molecular weight excluding hydrogens is 311 g/mol. The van der Waals surface area contributed by atoms with Crippen LogP contribution in [0.25, 0.3) is 0 Å². The number of nitriles is 1. The van der Waals surface area contributed by atoms with Crippen LogP contribution in [-0.2, 0) is 11.0 Å². The van der Waals surface area contributed by atoms with Crippen molar-refractivity contribution in [1.29, 1.82) is 5.26 Å². The minimum absolute atomic E-state index is 0.0327. The molecule has 0 saturated heterocycles. The van der Waals surface area contributed by atoms with E-state index in [0.29, 0.717) is 12.6 Å². The van der Waals surface area contributed by atoms with E-state index in [1.807, 2.05) is 6.92 Å². The van der Waals surface area contributed by atoms with Gasteiger partial charge in [-0.3, -0.25) is 4.79 Å². The lowest BCUT2D eigenvalue weighted by atomic mass is 10.0. The first-order valence-corrected chi connectivity index (χ1v) is 6.97. The predicted molar refractivity (Wildman–Crippen MR) is 78.6 cm³/mol. The van der Waals surface area contributed by atoms with Gasteiger partial charge in [0.2, 0.25) is 0 Å². The van der Waals surface area contributed by atoms with Crippen LogP contribution in [-0.4, -0.2) is 29.7 Å². The van der Waals surface area contributed by atoms with Crippen LogP contribution in [0.4, 0.5) is 18.9 Å². The largest absolute Gasteiger partial charge is 0.417 e. The summed E-state index contributed by atoms with van der Waals surface area (Å²) >= 11 is 0. The van der Waals surface area contributed by atoms with Crippen LogP contribution in [0.3, 0.4) is 0 Å². The fraction of sp³-hybridized carbons (Fsp3) is 0.467. The molecule has 0 heterocycles. The molecule has 0 saturated carbocycles. The van der Waals surface area contributed by atoms with Gasteiger partial charge in [-0.15, -0.1) is 0 Å². The van der Waals surface area contributed by atoms with Crippen LogP contribution in [0.1, 0.15) is 31.4 Å². The van der Waals surface area contributed by atoms with Crippen molar-refractivity contribution in [2.45, 2.75) is 32.0 Å². The molecule has 5 nitrogen and oxygen atoms in total. The molecular formula is C15H18F3N3O2. The van der Waals surface area contributed by atoms with Crippen LogP contribution < -0.4 is 10.6 Å². The topological polar surface area (TPSA) is 85.2 Å². The summed E-state index contributed by atoms with van der Waals surface area (Å²) in [6.07, 6.45) is -3.90. The van der Waals surface area contributed by atoms with Gasteiger partial charge < -0.3 is 15.7 Å². The first-order chi connectivity index (χ1) is 10.6. The number of alkyl halides is 3. The van der Waals surface area contributed by atoms with Gasteiger partial charge in [0.25, 0.3) is 5.91 Å². The molecule has 1 atom stereocenters. The van der Waals surface area contributed by atoms with E-state index < -0.39 is 28.8 Å². The summed E-state index contributed by atoms with van der Waals surface area (Å²) in [6.45, 7) is 3.74. The maximum Gasteiger partial charge on any atom is 0.417 e. The molecule has 0 fully saturated rings. The molecule has 0 aliphatic rings. The quantitative estimate of drug-likeness (QED) is 0.699. The molecule has 1 unspecified atom stereocenters. The molecule has 0 bridgehead atoms. The second-order valence-corrected chi connectivity index (χ2v) is 5.27. The van der Waals surface area contributed by atoms with Gasteiger partial charge in [0.15, 0.2) is 5.60 Å². The van der Waals surface area contributed by atoms with Gasteiger partial charge in [-0.2, -0.15) is 18.4 Å². The highest BCUT2D eigenvalue weighted by Crippen LogP contribution is 2.33. The minimum Gasteiger partial charge on any atom is -0.379 e. The van der Waals surface area contributed by atoms with Crippen molar-refractivity contribution < 1.29 is 23.1 Å². The highest BCUT2D eigenvalue weighted by molar-refractivity contribution is 5.97.